The lowest BCUT2D eigenvalue weighted by molar-refractivity contribution is -0.125. The van der Waals surface area contributed by atoms with Gasteiger partial charge in [0.25, 0.3) is 5.91 Å². The molecule has 4 bridgehead atoms. The topological polar surface area (TPSA) is 50.4 Å². The van der Waals surface area contributed by atoms with E-state index in [0.717, 1.165) is 29.1 Å². The maximum atomic E-state index is 12.4. The van der Waals surface area contributed by atoms with E-state index in [2.05, 4.69) is 23.3 Å². The van der Waals surface area contributed by atoms with Gasteiger partial charge in [0.15, 0.2) is 0 Å². The number of rotatable bonds is 7. The van der Waals surface area contributed by atoms with Gasteiger partial charge in [0.1, 0.15) is 6.10 Å². The lowest BCUT2D eigenvalue weighted by Gasteiger charge is -2.57. The highest BCUT2D eigenvalue weighted by molar-refractivity contribution is 5.96. The fourth-order valence-corrected chi connectivity index (χ4v) is 5.77. The van der Waals surface area contributed by atoms with E-state index in [1.54, 1.807) is 13.0 Å². The Morgan fingerprint density at radius 2 is 1.77 bits per heavy atom. The van der Waals surface area contributed by atoms with E-state index < -0.39 is 6.10 Å². The van der Waals surface area contributed by atoms with Gasteiger partial charge in [-0.25, -0.2) is 0 Å². The second kappa shape index (κ2) is 7.07. The van der Waals surface area contributed by atoms with Gasteiger partial charge in [-0.1, -0.05) is 18.2 Å². The summed E-state index contributed by atoms with van der Waals surface area (Å²) < 4.78 is 5.45. The lowest BCUT2D eigenvalue weighted by atomic mass is 9.53. The Labute approximate surface area is 156 Å². The van der Waals surface area contributed by atoms with E-state index in [1.165, 1.54) is 38.5 Å². The van der Waals surface area contributed by atoms with E-state index >= 15 is 0 Å². The van der Waals surface area contributed by atoms with E-state index in [0.29, 0.717) is 6.61 Å². The van der Waals surface area contributed by atoms with Crippen molar-refractivity contribution >= 4 is 17.3 Å². The number of anilines is 2. The highest BCUT2D eigenvalue weighted by atomic mass is 16.5. The molecule has 4 saturated carbocycles. The molecule has 4 fully saturated rings. The molecule has 0 radical (unpaired) electrons. The standard InChI is InChI=1S/C22H30N2O2/c1-3-8-26-15(2)21(25)23-19-6-4-5-7-20(19)24-22-12-16-9-17(13-22)11-18(10-16)14-22/h3-7,15-18,24H,1,8-14H2,2H3,(H,23,25). The van der Waals surface area contributed by atoms with Crippen LogP contribution in [-0.4, -0.2) is 24.2 Å². The molecule has 1 unspecified atom stereocenters. The minimum atomic E-state index is -0.499. The third-order valence-corrected chi connectivity index (χ3v) is 6.46. The van der Waals surface area contributed by atoms with Gasteiger partial charge in [0.2, 0.25) is 0 Å². The van der Waals surface area contributed by atoms with Crippen molar-refractivity contribution in [3.05, 3.63) is 36.9 Å². The summed E-state index contributed by atoms with van der Waals surface area (Å²) in [6, 6.07) is 8.07. The van der Waals surface area contributed by atoms with E-state index in [9.17, 15) is 4.79 Å². The zero-order valence-corrected chi connectivity index (χ0v) is 15.7. The van der Waals surface area contributed by atoms with Gasteiger partial charge in [-0.3, -0.25) is 4.79 Å². The Morgan fingerprint density at radius 1 is 1.19 bits per heavy atom. The fourth-order valence-electron chi connectivity index (χ4n) is 5.77. The average molecular weight is 354 g/mol. The van der Waals surface area contributed by atoms with Crippen molar-refractivity contribution in [2.45, 2.75) is 57.1 Å². The van der Waals surface area contributed by atoms with Crippen LogP contribution in [-0.2, 0) is 9.53 Å². The van der Waals surface area contributed by atoms with E-state index in [4.69, 9.17) is 4.74 Å². The molecular formula is C22H30N2O2. The first-order chi connectivity index (χ1) is 12.6. The Bertz CT molecular complexity index is 649. The number of para-hydroxylation sites is 2. The lowest BCUT2D eigenvalue weighted by Crippen LogP contribution is -2.54. The molecule has 0 heterocycles. The first-order valence-electron chi connectivity index (χ1n) is 9.97. The van der Waals surface area contributed by atoms with Crippen molar-refractivity contribution in [3.8, 4) is 0 Å². The van der Waals surface area contributed by atoms with Crippen LogP contribution in [0, 0.1) is 17.8 Å². The molecule has 1 aromatic carbocycles. The molecule has 0 spiro atoms. The summed E-state index contributed by atoms with van der Waals surface area (Å²) in [6.07, 6.45) is 9.28. The Kier molecular flexibility index (Phi) is 4.78. The summed E-state index contributed by atoms with van der Waals surface area (Å²) in [5.41, 5.74) is 2.11. The van der Waals surface area contributed by atoms with Crippen molar-refractivity contribution < 1.29 is 9.53 Å². The molecule has 0 aromatic heterocycles. The smallest absolute Gasteiger partial charge is 0.253 e. The summed E-state index contributed by atoms with van der Waals surface area (Å²) >= 11 is 0. The van der Waals surface area contributed by atoms with Crippen molar-refractivity contribution in [2.75, 3.05) is 17.2 Å². The number of ether oxygens (including phenoxy) is 1. The molecule has 26 heavy (non-hydrogen) atoms. The summed E-state index contributed by atoms with van der Waals surface area (Å²) in [4.78, 5) is 12.4. The molecule has 2 N–H and O–H groups in total. The van der Waals surface area contributed by atoms with Crippen LogP contribution >= 0.6 is 0 Å². The molecule has 0 saturated heterocycles. The monoisotopic (exact) mass is 354 g/mol. The van der Waals surface area contributed by atoms with Crippen LogP contribution in [0.25, 0.3) is 0 Å². The molecule has 0 aliphatic heterocycles. The van der Waals surface area contributed by atoms with Gasteiger partial charge in [-0.05, 0) is 75.3 Å². The number of carbonyl (C=O) groups is 1. The second-order valence-electron chi connectivity index (χ2n) is 8.62. The first kappa shape index (κ1) is 17.6. The Hall–Kier alpha value is -1.81. The van der Waals surface area contributed by atoms with Crippen molar-refractivity contribution in [3.63, 3.8) is 0 Å². The predicted octanol–water partition coefficient (Wildman–Crippen LogP) is 4.60. The van der Waals surface area contributed by atoms with Crippen LogP contribution in [0.4, 0.5) is 11.4 Å². The third-order valence-electron chi connectivity index (χ3n) is 6.46. The average Bonchev–Trinajstić information content (AvgIpc) is 2.59. The maximum Gasteiger partial charge on any atom is 0.253 e. The molecule has 1 amide bonds. The number of benzene rings is 1. The van der Waals surface area contributed by atoms with Gasteiger partial charge >= 0.3 is 0 Å². The van der Waals surface area contributed by atoms with Gasteiger partial charge in [-0.2, -0.15) is 0 Å². The van der Waals surface area contributed by atoms with E-state index in [1.807, 2.05) is 18.2 Å². The van der Waals surface area contributed by atoms with Gasteiger partial charge in [0.05, 0.1) is 18.0 Å². The molecule has 5 rings (SSSR count). The minimum absolute atomic E-state index is 0.119. The van der Waals surface area contributed by atoms with Crippen LogP contribution in [0.5, 0.6) is 0 Å². The number of amides is 1. The summed E-state index contributed by atoms with van der Waals surface area (Å²) in [5, 5.41) is 6.91. The fraction of sp³-hybridized carbons (Fsp3) is 0.591. The molecular weight excluding hydrogens is 324 g/mol. The van der Waals surface area contributed by atoms with Crippen molar-refractivity contribution in [1.29, 1.82) is 0 Å². The molecule has 4 heteroatoms. The van der Waals surface area contributed by atoms with Crippen LogP contribution in [0.1, 0.15) is 45.4 Å². The summed E-state index contributed by atoms with van der Waals surface area (Å²) in [6.45, 7) is 5.78. The highest BCUT2D eigenvalue weighted by Crippen LogP contribution is 2.56. The minimum Gasteiger partial charge on any atom is -0.378 e. The molecule has 4 aliphatic carbocycles. The summed E-state index contributed by atoms with van der Waals surface area (Å²) in [7, 11) is 0. The van der Waals surface area contributed by atoms with Crippen LogP contribution in [0.2, 0.25) is 0 Å². The van der Waals surface area contributed by atoms with Crippen LogP contribution in [0.3, 0.4) is 0 Å². The van der Waals surface area contributed by atoms with Crippen LogP contribution < -0.4 is 10.6 Å². The zero-order valence-electron chi connectivity index (χ0n) is 15.7. The SMILES string of the molecule is C=CCOC(C)C(=O)Nc1ccccc1NC12CC3CC(CC(C3)C1)C2. The second-order valence-corrected chi connectivity index (χ2v) is 8.62. The Morgan fingerprint density at radius 3 is 2.35 bits per heavy atom. The highest BCUT2D eigenvalue weighted by Gasteiger charge is 2.51. The molecule has 1 aromatic rings. The molecule has 1 atom stereocenters. The zero-order chi connectivity index (χ0) is 18.1. The summed E-state index contributed by atoms with van der Waals surface area (Å²) in [5.74, 6) is 2.56. The largest absolute Gasteiger partial charge is 0.378 e. The first-order valence-corrected chi connectivity index (χ1v) is 9.97. The quantitative estimate of drug-likeness (QED) is 0.704. The maximum absolute atomic E-state index is 12.4. The normalized spacial score (nSPS) is 32.9. The third kappa shape index (κ3) is 3.52. The Balaban J connectivity index is 1.48. The number of hydrogen-bond donors (Lipinski definition) is 2. The van der Waals surface area contributed by atoms with Gasteiger partial charge in [-0.15, -0.1) is 6.58 Å². The molecule has 4 aliphatic rings. The van der Waals surface area contributed by atoms with Gasteiger partial charge < -0.3 is 15.4 Å². The molecule has 4 nitrogen and oxygen atoms in total. The van der Waals surface area contributed by atoms with Gasteiger partial charge in [0, 0.05) is 5.54 Å². The number of nitrogens with one attached hydrogen (secondary N) is 2. The predicted molar refractivity (Wildman–Crippen MR) is 105 cm³/mol. The van der Waals surface area contributed by atoms with E-state index in [-0.39, 0.29) is 11.4 Å². The number of carbonyl (C=O) groups excluding carboxylic acids is 1. The molecule has 140 valence electrons. The van der Waals surface area contributed by atoms with Crippen molar-refractivity contribution in [1.82, 2.24) is 0 Å². The van der Waals surface area contributed by atoms with Crippen molar-refractivity contribution in [2.24, 2.45) is 17.8 Å². The number of hydrogen-bond acceptors (Lipinski definition) is 3. The van der Waals surface area contributed by atoms with Crippen LogP contribution in [0.15, 0.2) is 36.9 Å².